The molecule has 0 radical (unpaired) electrons. The van der Waals surface area contributed by atoms with Gasteiger partial charge in [-0.3, -0.25) is 4.79 Å². The van der Waals surface area contributed by atoms with Crippen molar-refractivity contribution in [1.82, 2.24) is 9.03 Å². The Morgan fingerprint density at radius 1 is 1.00 bits per heavy atom. The van der Waals surface area contributed by atoms with Gasteiger partial charge in [0.25, 0.3) is 10.2 Å². The molecule has 2 aromatic carbocycles. The zero-order valence-corrected chi connectivity index (χ0v) is 19.5. The molecule has 0 aliphatic carbocycles. The summed E-state index contributed by atoms with van der Waals surface area (Å²) in [5, 5.41) is 0. The van der Waals surface area contributed by atoms with E-state index in [-0.39, 0.29) is 5.92 Å². The summed E-state index contributed by atoms with van der Waals surface area (Å²) < 4.78 is 40.0. The first-order chi connectivity index (χ1) is 15.3. The van der Waals surface area contributed by atoms with Crippen molar-refractivity contribution in [1.29, 1.82) is 0 Å². The van der Waals surface area contributed by atoms with Crippen LogP contribution in [0.5, 0.6) is 5.75 Å². The fourth-order valence-corrected chi connectivity index (χ4v) is 4.98. The minimum atomic E-state index is -3.79. The number of esters is 1. The molecular weight excluding hydrogens is 430 g/mol. The SMILES string of the molecule is COC(=O)[C@H](NS(=O)(=O)N1CCN(c2ccc(OCc3ccccc3)cc2)CC1)C(C)C. The number of anilines is 1. The summed E-state index contributed by atoms with van der Waals surface area (Å²) >= 11 is 0. The molecule has 0 bridgehead atoms. The van der Waals surface area contributed by atoms with Crippen molar-refractivity contribution >= 4 is 21.9 Å². The fourth-order valence-electron chi connectivity index (χ4n) is 3.50. The first-order valence-electron chi connectivity index (χ1n) is 10.7. The van der Waals surface area contributed by atoms with Gasteiger partial charge in [0.2, 0.25) is 0 Å². The second-order valence-electron chi connectivity index (χ2n) is 8.02. The summed E-state index contributed by atoms with van der Waals surface area (Å²) in [5.41, 5.74) is 2.12. The monoisotopic (exact) mass is 461 g/mol. The average molecular weight is 462 g/mol. The molecule has 1 N–H and O–H groups in total. The number of benzene rings is 2. The molecular formula is C23H31N3O5S. The lowest BCUT2D eigenvalue weighted by Crippen LogP contribution is -2.56. The maximum absolute atomic E-state index is 12.8. The van der Waals surface area contributed by atoms with E-state index >= 15 is 0 Å². The van der Waals surface area contributed by atoms with Gasteiger partial charge in [0.1, 0.15) is 18.4 Å². The van der Waals surface area contributed by atoms with Crippen LogP contribution in [-0.2, 0) is 26.3 Å². The van der Waals surface area contributed by atoms with Gasteiger partial charge in [-0.2, -0.15) is 17.4 Å². The third-order valence-corrected chi connectivity index (χ3v) is 7.02. The van der Waals surface area contributed by atoms with E-state index in [4.69, 9.17) is 9.47 Å². The molecule has 1 saturated heterocycles. The standard InChI is InChI=1S/C23H31N3O5S/c1-18(2)22(23(27)30-3)24-32(28,29)26-15-13-25(14-16-26)20-9-11-21(12-10-20)31-17-19-7-5-4-6-8-19/h4-12,18,22,24H,13-17H2,1-3H3/t22-/m1/s1. The summed E-state index contributed by atoms with van der Waals surface area (Å²) in [4.78, 5) is 14.1. The third kappa shape index (κ3) is 6.21. The van der Waals surface area contributed by atoms with Crippen LogP contribution in [0.25, 0.3) is 0 Å². The van der Waals surface area contributed by atoms with Crippen LogP contribution in [0.2, 0.25) is 0 Å². The minimum absolute atomic E-state index is 0.221. The maximum atomic E-state index is 12.8. The molecule has 1 aliphatic heterocycles. The molecule has 174 valence electrons. The molecule has 8 nitrogen and oxygen atoms in total. The van der Waals surface area contributed by atoms with Crippen molar-refractivity contribution in [3.63, 3.8) is 0 Å². The molecule has 1 atom stereocenters. The van der Waals surface area contributed by atoms with Crippen molar-refractivity contribution in [2.24, 2.45) is 5.92 Å². The van der Waals surface area contributed by atoms with Crippen molar-refractivity contribution in [2.75, 3.05) is 38.2 Å². The first kappa shape index (κ1) is 24.0. The second-order valence-corrected chi connectivity index (χ2v) is 9.72. The zero-order chi connectivity index (χ0) is 23.1. The van der Waals surface area contributed by atoms with Gasteiger partial charge < -0.3 is 14.4 Å². The minimum Gasteiger partial charge on any atom is -0.489 e. The van der Waals surface area contributed by atoms with Crippen molar-refractivity contribution in [3.8, 4) is 5.75 Å². The smallest absolute Gasteiger partial charge is 0.324 e. The van der Waals surface area contributed by atoms with Crippen molar-refractivity contribution in [3.05, 3.63) is 60.2 Å². The van der Waals surface area contributed by atoms with Crippen LogP contribution in [0.3, 0.4) is 0 Å². The Balaban J connectivity index is 1.54. The Bertz CT molecular complexity index is 972. The van der Waals surface area contributed by atoms with Crippen molar-refractivity contribution < 1.29 is 22.7 Å². The number of nitrogens with zero attached hydrogens (tertiary/aromatic N) is 2. The van der Waals surface area contributed by atoms with Gasteiger partial charge in [0.05, 0.1) is 7.11 Å². The van der Waals surface area contributed by atoms with Crippen LogP contribution in [0, 0.1) is 5.92 Å². The third-order valence-electron chi connectivity index (χ3n) is 5.43. The number of ether oxygens (including phenoxy) is 2. The topological polar surface area (TPSA) is 88.2 Å². The van der Waals surface area contributed by atoms with E-state index in [1.54, 1.807) is 13.8 Å². The Morgan fingerprint density at radius 3 is 2.19 bits per heavy atom. The molecule has 0 saturated carbocycles. The molecule has 9 heteroatoms. The van der Waals surface area contributed by atoms with E-state index in [9.17, 15) is 13.2 Å². The van der Waals surface area contributed by atoms with Gasteiger partial charge in [-0.1, -0.05) is 44.2 Å². The van der Waals surface area contributed by atoms with Crippen LogP contribution in [0.4, 0.5) is 5.69 Å². The van der Waals surface area contributed by atoms with Crippen LogP contribution in [-0.4, -0.2) is 58.0 Å². The lowest BCUT2D eigenvalue weighted by molar-refractivity contribution is -0.143. The van der Waals surface area contributed by atoms with Gasteiger partial charge in [0.15, 0.2) is 0 Å². The van der Waals surface area contributed by atoms with Gasteiger partial charge in [-0.15, -0.1) is 0 Å². The molecule has 1 aliphatic rings. The summed E-state index contributed by atoms with van der Waals surface area (Å²) in [5.74, 6) is -0.0246. The number of carbonyl (C=O) groups excluding carboxylic acids is 1. The number of nitrogens with one attached hydrogen (secondary N) is 1. The van der Waals surface area contributed by atoms with Crippen LogP contribution < -0.4 is 14.4 Å². The predicted octanol–water partition coefficient (Wildman–Crippen LogP) is 2.42. The lowest BCUT2D eigenvalue weighted by atomic mass is 10.1. The molecule has 2 aromatic rings. The van der Waals surface area contributed by atoms with Crippen molar-refractivity contribution in [2.45, 2.75) is 26.5 Å². The number of methoxy groups -OCH3 is 1. The number of hydrogen-bond donors (Lipinski definition) is 1. The summed E-state index contributed by atoms with van der Waals surface area (Å²) in [6.45, 7) is 5.81. The van der Waals surface area contributed by atoms with E-state index in [1.165, 1.54) is 11.4 Å². The summed E-state index contributed by atoms with van der Waals surface area (Å²) in [7, 11) is -2.54. The van der Waals surface area contributed by atoms with Gasteiger partial charge in [-0.05, 0) is 35.7 Å². The van der Waals surface area contributed by atoms with E-state index in [0.717, 1.165) is 17.0 Å². The summed E-state index contributed by atoms with van der Waals surface area (Å²) in [6.07, 6.45) is 0. The number of piperazine rings is 1. The van der Waals surface area contributed by atoms with Gasteiger partial charge in [0, 0.05) is 31.9 Å². The maximum Gasteiger partial charge on any atom is 0.324 e. The normalized spacial score (nSPS) is 16.1. The van der Waals surface area contributed by atoms with E-state index in [2.05, 4.69) is 9.62 Å². The zero-order valence-electron chi connectivity index (χ0n) is 18.7. The molecule has 32 heavy (non-hydrogen) atoms. The predicted molar refractivity (Wildman–Crippen MR) is 124 cm³/mol. The fraction of sp³-hybridized carbons (Fsp3) is 0.435. The molecule has 0 amide bonds. The molecule has 3 rings (SSSR count). The highest BCUT2D eigenvalue weighted by Crippen LogP contribution is 2.22. The average Bonchev–Trinajstić information content (AvgIpc) is 2.81. The van der Waals surface area contributed by atoms with Crippen LogP contribution in [0.15, 0.2) is 54.6 Å². The largest absolute Gasteiger partial charge is 0.489 e. The highest BCUT2D eigenvalue weighted by atomic mass is 32.2. The summed E-state index contributed by atoms with van der Waals surface area (Å²) in [6, 6.07) is 16.9. The molecule has 1 fully saturated rings. The Kier molecular flexibility index (Phi) is 8.11. The van der Waals surface area contributed by atoms with Crippen LogP contribution >= 0.6 is 0 Å². The van der Waals surface area contributed by atoms with Crippen LogP contribution in [0.1, 0.15) is 19.4 Å². The number of rotatable bonds is 9. The highest BCUT2D eigenvalue weighted by Gasteiger charge is 2.33. The quantitative estimate of drug-likeness (QED) is 0.577. The first-order valence-corrected chi connectivity index (χ1v) is 12.1. The molecule has 1 heterocycles. The Labute approximate surface area is 190 Å². The highest BCUT2D eigenvalue weighted by molar-refractivity contribution is 7.87. The van der Waals surface area contributed by atoms with Gasteiger partial charge in [-0.25, -0.2) is 0 Å². The molecule has 0 spiro atoms. The van der Waals surface area contributed by atoms with E-state index in [1.807, 2.05) is 54.6 Å². The second kappa shape index (κ2) is 10.8. The molecule has 0 aromatic heterocycles. The Hall–Kier alpha value is -2.62. The number of carbonyl (C=O) groups is 1. The lowest BCUT2D eigenvalue weighted by Gasteiger charge is -2.36. The molecule has 0 unspecified atom stereocenters. The van der Waals surface area contributed by atoms with E-state index < -0.39 is 22.2 Å². The van der Waals surface area contributed by atoms with E-state index in [0.29, 0.717) is 32.8 Å². The van der Waals surface area contributed by atoms with Gasteiger partial charge >= 0.3 is 5.97 Å². The Morgan fingerprint density at radius 2 is 1.62 bits per heavy atom. The number of hydrogen-bond acceptors (Lipinski definition) is 6.